The molecule has 2 N–H and O–H groups in total. The largest absolute Gasteiger partial charge is 0.456 e. The zero-order chi connectivity index (χ0) is 19.7. The fraction of sp³-hybridized carbons (Fsp3) is 0.333. The molecule has 1 atom stereocenters. The van der Waals surface area contributed by atoms with Crippen molar-refractivity contribution in [1.82, 2.24) is 10.6 Å². The van der Waals surface area contributed by atoms with E-state index in [-0.39, 0.29) is 11.3 Å². The van der Waals surface area contributed by atoms with E-state index >= 15 is 0 Å². The predicted molar refractivity (Wildman–Crippen MR) is 80.5 cm³/mol. The number of alkyl halides is 5. The van der Waals surface area contributed by atoms with E-state index in [9.17, 15) is 31.5 Å². The van der Waals surface area contributed by atoms with Crippen molar-refractivity contribution in [2.45, 2.75) is 25.1 Å². The Bertz CT molecular complexity index is 747. The molecule has 0 aliphatic carbocycles. The van der Waals surface area contributed by atoms with Crippen LogP contribution in [0.15, 0.2) is 35.5 Å². The van der Waals surface area contributed by atoms with Gasteiger partial charge in [0.15, 0.2) is 6.61 Å². The van der Waals surface area contributed by atoms with Crippen LogP contribution in [0.2, 0.25) is 5.02 Å². The number of hydrogen-bond donors (Lipinski definition) is 2. The van der Waals surface area contributed by atoms with Crippen molar-refractivity contribution in [3.8, 4) is 0 Å². The predicted octanol–water partition coefficient (Wildman–Crippen LogP) is 3.71. The number of allylic oxidation sites excluding steroid dienone is 1. The maximum atomic E-state index is 13.0. The second-order valence-corrected chi connectivity index (χ2v) is 5.84. The van der Waals surface area contributed by atoms with Crippen LogP contribution in [0.3, 0.4) is 0 Å². The van der Waals surface area contributed by atoms with Gasteiger partial charge in [0.1, 0.15) is 0 Å². The van der Waals surface area contributed by atoms with Crippen LogP contribution in [-0.2, 0) is 9.53 Å². The van der Waals surface area contributed by atoms with Gasteiger partial charge in [0.05, 0.1) is 11.6 Å². The first-order chi connectivity index (χ1) is 11.9. The minimum absolute atomic E-state index is 0.0333. The SMILES string of the molecule is CC1=C(C(=O)OCC(F)(F)C(F)(F)F)C(c2ccc(Cl)cc2)NC(=O)N1. The lowest BCUT2D eigenvalue weighted by Crippen LogP contribution is -2.46. The molecule has 0 spiro atoms. The molecule has 26 heavy (non-hydrogen) atoms. The molecule has 1 unspecified atom stereocenters. The van der Waals surface area contributed by atoms with Gasteiger partial charge in [0.25, 0.3) is 0 Å². The molecule has 1 aromatic carbocycles. The highest BCUT2D eigenvalue weighted by Gasteiger charge is 2.58. The van der Waals surface area contributed by atoms with Crippen molar-refractivity contribution >= 4 is 23.6 Å². The second kappa shape index (κ2) is 7.10. The van der Waals surface area contributed by atoms with E-state index in [0.29, 0.717) is 10.6 Å². The molecule has 142 valence electrons. The molecule has 0 fully saturated rings. The summed E-state index contributed by atoms with van der Waals surface area (Å²) in [6, 6.07) is 4.06. The maximum absolute atomic E-state index is 13.0. The average Bonchev–Trinajstić information content (AvgIpc) is 2.51. The van der Waals surface area contributed by atoms with Crippen LogP contribution < -0.4 is 10.6 Å². The number of hydrogen-bond acceptors (Lipinski definition) is 3. The molecular formula is C15H12ClF5N2O3. The van der Waals surface area contributed by atoms with E-state index in [1.807, 2.05) is 0 Å². The van der Waals surface area contributed by atoms with Gasteiger partial charge in [0.2, 0.25) is 0 Å². The minimum Gasteiger partial charge on any atom is -0.455 e. The van der Waals surface area contributed by atoms with Crippen LogP contribution in [-0.4, -0.2) is 30.7 Å². The van der Waals surface area contributed by atoms with E-state index in [0.717, 1.165) is 0 Å². The Hall–Kier alpha value is -2.36. The standard InChI is InChI=1S/C15H12ClF5N2O3/c1-7-10(12(24)26-6-14(17,18)15(19,20)21)11(23-13(25)22-7)8-2-4-9(16)5-3-8/h2-5,11H,6H2,1H3,(H2,22,23,25). The van der Waals surface area contributed by atoms with E-state index in [1.54, 1.807) is 0 Å². The highest BCUT2D eigenvalue weighted by atomic mass is 35.5. The number of urea groups is 1. The van der Waals surface area contributed by atoms with Gasteiger partial charge < -0.3 is 15.4 Å². The molecule has 0 aromatic heterocycles. The Morgan fingerprint density at radius 1 is 1.19 bits per heavy atom. The van der Waals surface area contributed by atoms with Crippen LogP contribution >= 0.6 is 11.6 Å². The quantitative estimate of drug-likeness (QED) is 0.600. The molecule has 0 saturated heterocycles. The highest BCUT2D eigenvalue weighted by Crippen LogP contribution is 2.36. The van der Waals surface area contributed by atoms with Crippen LogP contribution in [0, 0.1) is 0 Å². The number of amides is 2. The third kappa shape index (κ3) is 4.24. The van der Waals surface area contributed by atoms with Crippen molar-refractivity contribution in [3.05, 3.63) is 46.1 Å². The summed E-state index contributed by atoms with van der Waals surface area (Å²) in [5.41, 5.74) is 0.0250. The highest BCUT2D eigenvalue weighted by molar-refractivity contribution is 6.30. The van der Waals surface area contributed by atoms with Crippen LogP contribution in [0.1, 0.15) is 18.5 Å². The molecule has 0 bridgehead atoms. The smallest absolute Gasteiger partial charge is 0.455 e. The molecule has 11 heteroatoms. The lowest BCUT2D eigenvalue weighted by atomic mass is 9.95. The van der Waals surface area contributed by atoms with Crippen molar-refractivity contribution in [1.29, 1.82) is 0 Å². The van der Waals surface area contributed by atoms with Gasteiger partial charge in [-0.25, -0.2) is 9.59 Å². The Labute approximate surface area is 149 Å². The number of benzene rings is 1. The first-order valence-corrected chi connectivity index (χ1v) is 7.45. The molecule has 1 aliphatic heterocycles. The molecule has 5 nitrogen and oxygen atoms in total. The topological polar surface area (TPSA) is 67.4 Å². The van der Waals surface area contributed by atoms with Crippen molar-refractivity contribution in [2.75, 3.05) is 6.61 Å². The van der Waals surface area contributed by atoms with E-state index in [1.165, 1.54) is 31.2 Å². The van der Waals surface area contributed by atoms with E-state index < -0.39 is 36.7 Å². The number of halogens is 6. The van der Waals surface area contributed by atoms with Crippen molar-refractivity contribution in [2.24, 2.45) is 0 Å². The fourth-order valence-corrected chi connectivity index (χ4v) is 2.31. The van der Waals surface area contributed by atoms with Gasteiger partial charge in [-0.1, -0.05) is 23.7 Å². The summed E-state index contributed by atoms with van der Waals surface area (Å²) in [5, 5.41) is 4.99. The molecule has 1 heterocycles. The number of ether oxygens (including phenoxy) is 1. The third-order valence-corrected chi connectivity index (χ3v) is 3.74. The Kier molecular flexibility index (Phi) is 5.45. The maximum Gasteiger partial charge on any atom is 0.456 e. The summed E-state index contributed by atoms with van der Waals surface area (Å²) in [7, 11) is 0. The lowest BCUT2D eigenvalue weighted by Gasteiger charge is -2.28. The normalized spacial score (nSPS) is 18.3. The van der Waals surface area contributed by atoms with Gasteiger partial charge >= 0.3 is 24.1 Å². The summed E-state index contributed by atoms with van der Waals surface area (Å²) in [6.45, 7) is -0.881. The summed E-state index contributed by atoms with van der Waals surface area (Å²) in [5.74, 6) is -6.61. The molecular weight excluding hydrogens is 387 g/mol. The van der Waals surface area contributed by atoms with Crippen LogP contribution in [0.5, 0.6) is 0 Å². The van der Waals surface area contributed by atoms with Crippen molar-refractivity contribution < 1.29 is 36.3 Å². The number of carbonyl (C=O) groups is 2. The minimum atomic E-state index is -5.86. The Balaban J connectivity index is 2.27. The first kappa shape index (κ1) is 20.0. The van der Waals surface area contributed by atoms with Gasteiger partial charge in [-0.15, -0.1) is 0 Å². The molecule has 1 aliphatic rings. The number of carbonyl (C=O) groups excluding carboxylic acids is 2. The van der Waals surface area contributed by atoms with Crippen LogP contribution in [0.4, 0.5) is 26.7 Å². The second-order valence-electron chi connectivity index (χ2n) is 5.40. The lowest BCUT2D eigenvalue weighted by molar-refractivity contribution is -0.293. The molecule has 0 saturated carbocycles. The molecule has 0 radical (unpaired) electrons. The van der Waals surface area contributed by atoms with Gasteiger partial charge in [-0.05, 0) is 24.6 Å². The summed E-state index contributed by atoms with van der Waals surface area (Å²) in [6.07, 6.45) is -5.86. The molecule has 1 aromatic rings. The third-order valence-electron chi connectivity index (χ3n) is 3.49. The van der Waals surface area contributed by atoms with Gasteiger partial charge in [0, 0.05) is 10.7 Å². The van der Waals surface area contributed by atoms with E-state index in [4.69, 9.17) is 11.6 Å². The molecule has 2 amide bonds. The zero-order valence-corrected chi connectivity index (χ0v) is 13.8. The van der Waals surface area contributed by atoms with E-state index in [2.05, 4.69) is 15.4 Å². The first-order valence-electron chi connectivity index (χ1n) is 7.08. The van der Waals surface area contributed by atoms with Gasteiger partial charge in [-0.3, -0.25) is 0 Å². The summed E-state index contributed by atoms with van der Waals surface area (Å²) >= 11 is 5.76. The Morgan fingerprint density at radius 3 is 2.31 bits per heavy atom. The number of rotatable bonds is 4. The average molecular weight is 399 g/mol. The fourth-order valence-electron chi connectivity index (χ4n) is 2.19. The molecule has 2 rings (SSSR count). The summed E-state index contributed by atoms with van der Waals surface area (Å²) < 4.78 is 66.7. The zero-order valence-electron chi connectivity index (χ0n) is 13.1. The van der Waals surface area contributed by atoms with Gasteiger partial charge in [-0.2, -0.15) is 22.0 Å². The number of nitrogens with one attached hydrogen (secondary N) is 2. The Morgan fingerprint density at radius 2 is 1.77 bits per heavy atom. The number of esters is 1. The van der Waals surface area contributed by atoms with Crippen LogP contribution in [0.25, 0.3) is 0 Å². The monoisotopic (exact) mass is 398 g/mol. The summed E-state index contributed by atoms with van der Waals surface area (Å²) in [4.78, 5) is 23.8. The van der Waals surface area contributed by atoms with Crippen molar-refractivity contribution in [3.63, 3.8) is 0 Å².